The van der Waals surface area contributed by atoms with Gasteiger partial charge in [0, 0.05) is 6.42 Å². The van der Waals surface area contributed by atoms with Gasteiger partial charge in [-0.05, 0) is 0 Å². The fraction of sp³-hybridized carbons (Fsp3) is 0.571. The second kappa shape index (κ2) is 3.39. The quantitative estimate of drug-likeness (QED) is 0.699. The first-order valence-corrected chi connectivity index (χ1v) is 3.54. The van der Waals surface area contributed by atoms with Crippen molar-refractivity contribution in [1.29, 1.82) is 0 Å². The number of rotatable bonds is 3. The monoisotopic (exact) mass is 156 g/mol. The van der Waals surface area contributed by atoms with E-state index in [0.29, 0.717) is 18.3 Å². The molecule has 1 aromatic heterocycles. The number of hydrogen-bond donors (Lipinski definition) is 1. The fourth-order valence-corrected chi connectivity index (χ4v) is 0.854. The van der Waals surface area contributed by atoms with E-state index in [0.717, 1.165) is 12.2 Å². The van der Waals surface area contributed by atoms with Crippen molar-refractivity contribution >= 4 is 0 Å². The van der Waals surface area contributed by atoms with Crippen LogP contribution >= 0.6 is 0 Å². The van der Waals surface area contributed by atoms with Crippen LogP contribution in [0, 0.1) is 0 Å². The minimum atomic E-state index is 0.316. The summed E-state index contributed by atoms with van der Waals surface area (Å²) in [7, 11) is 1.57. The second-order valence-corrected chi connectivity index (χ2v) is 2.10. The maximum atomic E-state index is 5.33. The SMILES string of the molecule is CCc1oc(CN)nc1OC. The Balaban J connectivity index is 2.92. The molecule has 4 heteroatoms. The van der Waals surface area contributed by atoms with Gasteiger partial charge in [-0.3, -0.25) is 0 Å². The van der Waals surface area contributed by atoms with Gasteiger partial charge in [0.15, 0.2) is 5.76 Å². The lowest BCUT2D eigenvalue weighted by Crippen LogP contribution is -1.95. The zero-order valence-corrected chi connectivity index (χ0v) is 6.76. The first-order chi connectivity index (χ1) is 5.31. The summed E-state index contributed by atoms with van der Waals surface area (Å²) in [6.07, 6.45) is 0.774. The highest BCUT2D eigenvalue weighted by Crippen LogP contribution is 2.18. The van der Waals surface area contributed by atoms with E-state index < -0.39 is 0 Å². The number of aromatic nitrogens is 1. The van der Waals surface area contributed by atoms with Gasteiger partial charge in [-0.2, -0.15) is 4.98 Å². The number of ether oxygens (including phenoxy) is 1. The minimum absolute atomic E-state index is 0.316. The van der Waals surface area contributed by atoms with E-state index in [9.17, 15) is 0 Å². The van der Waals surface area contributed by atoms with Crippen molar-refractivity contribution in [2.45, 2.75) is 19.9 Å². The number of methoxy groups -OCH3 is 1. The molecule has 0 unspecified atom stereocenters. The summed E-state index contributed by atoms with van der Waals surface area (Å²) in [4.78, 5) is 4.00. The molecular weight excluding hydrogens is 144 g/mol. The molecule has 0 aliphatic rings. The maximum Gasteiger partial charge on any atom is 0.256 e. The fourth-order valence-electron chi connectivity index (χ4n) is 0.854. The summed E-state index contributed by atoms with van der Waals surface area (Å²) >= 11 is 0. The molecule has 0 saturated carbocycles. The van der Waals surface area contributed by atoms with Gasteiger partial charge < -0.3 is 14.9 Å². The lowest BCUT2D eigenvalue weighted by molar-refractivity contribution is 0.383. The molecule has 4 nitrogen and oxygen atoms in total. The van der Waals surface area contributed by atoms with Crippen molar-refractivity contribution in [2.75, 3.05) is 7.11 Å². The minimum Gasteiger partial charge on any atom is -0.479 e. The van der Waals surface area contributed by atoms with Gasteiger partial charge in [-0.1, -0.05) is 6.92 Å². The van der Waals surface area contributed by atoms with E-state index in [1.54, 1.807) is 7.11 Å². The van der Waals surface area contributed by atoms with Crippen LogP contribution in [0.2, 0.25) is 0 Å². The van der Waals surface area contributed by atoms with E-state index in [-0.39, 0.29) is 0 Å². The van der Waals surface area contributed by atoms with Crippen molar-refractivity contribution in [3.63, 3.8) is 0 Å². The zero-order chi connectivity index (χ0) is 8.27. The number of oxazole rings is 1. The van der Waals surface area contributed by atoms with Crippen molar-refractivity contribution in [3.05, 3.63) is 11.7 Å². The molecule has 1 rings (SSSR count). The number of nitrogens with zero attached hydrogens (tertiary/aromatic N) is 1. The Morgan fingerprint density at radius 1 is 1.64 bits per heavy atom. The lowest BCUT2D eigenvalue weighted by Gasteiger charge is -1.92. The predicted octanol–water partition coefficient (Wildman–Crippen LogP) is 0.704. The smallest absolute Gasteiger partial charge is 0.256 e. The average Bonchev–Trinajstić information content (AvgIpc) is 2.46. The van der Waals surface area contributed by atoms with Crippen LogP contribution in [-0.4, -0.2) is 12.1 Å². The third-order valence-corrected chi connectivity index (χ3v) is 1.39. The van der Waals surface area contributed by atoms with Crippen LogP contribution in [0.25, 0.3) is 0 Å². The van der Waals surface area contributed by atoms with E-state index in [1.165, 1.54) is 0 Å². The predicted molar refractivity (Wildman–Crippen MR) is 40.3 cm³/mol. The molecule has 0 amide bonds. The molecule has 0 radical (unpaired) electrons. The van der Waals surface area contributed by atoms with Crippen LogP contribution in [0.4, 0.5) is 0 Å². The van der Waals surface area contributed by atoms with E-state index in [2.05, 4.69) is 4.98 Å². The van der Waals surface area contributed by atoms with Gasteiger partial charge in [0.25, 0.3) is 5.88 Å². The molecule has 2 N–H and O–H groups in total. The van der Waals surface area contributed by atoms with Gasteiger partial charge in [0.2, 0.25) is 5.89 Å². The summed E-state index contributed by atoms with van der Waals surface area (Å²) in [5.74, 6) is 1.83. The Labute approximate surface area is 65.4 Å². The molecule has 0 atom stereocenters. The van der Waals surface area contributed by atoms with Crippen molar-refractivity contribution in [2.24, 2.45) is 5.73 Å². The van der Waals surface area contributed by atoms with Crippen LogP contribution in [0.5, 0.6) is 5.88 Å². The molecule has 62 valence electrons. The van der Waals surface area contributed by atoms with Crippen LogP contribution < -0.4 is 10.5 Å². The molecule has 1 aromatic rings. The summed E-state index contributed by atoms with van der Waals surface area (Å²) < 4.78 is 10.2. The molecule has 0 spiro atoms. The van der Waals surface area contributed by atoms with E-state index in [4.69, 9.17) is 14.9 Å². The molecule has 0 saturated heterocycles. The summed E-state index contributed by atoms with van der Waals surface area (Å²) in [6, 6.07) is 0. The molecule has 0 aliphatic heterocycles. The van der Waals surface area contributed by atoms with Crippen LogP contribution in [0.3, 0.4) is 0 Å². The normalized spacial score (nSPS) is 10.1. The van der Waals surface area contributed by atoms with Crippen LogP contribution in [-0.2, 0) is 13.0 Å². The van der Waals surface area contributed by atoms with Gasteiger partial charge in [0.05, 0.1) is 13.7 Å². The summed E-state index contributed by atoms with van der Waals surface area (Å²) in [5.41, 5.74) is 5.33. The highest BCUT2D eigenvalue weighted by molar-refractivity contribution is 5.16. The van der Waals surface area contributed by atoms with E-state index in [1.807, 2.05) is 6.92 Å². The van der Waals surface area contributed by atoms with Gasteiger partial charge in [0.1, 0.15) is 0 Å². The Hall–Kier alpha value is -1.03. The topological polar surface area (TPSA) is 61.3 Å². The third kappa shape index (κ3) is 1.51. The van der Waals surface area contributed by atoms with Gasteiger partial charge in [-0.25, -0.2) is 0 Å². The standard InChI is InChI=1S/C7H12N2O2/c1-3-5-7(10-2)9-6(4-8)11-5/h3-4,8H2,1-2H3. The molecular formula is C7H12N2O2. The third-order valence-electron chi connectivity index (χ3n) is 1.39. The largest absolute Gasteiger partial charge is 0.479 e. The molecule has 0 fully saturated rings. The van der Waals surface area contributed by atoms with E-state index >= 15 is 0 Å². The van der Waals surface area contributed by atoms with Crippen LogP contribution in [0.1, 0.15) is 18.6 Å². The molecule has 0 bridgehead atoms. The molecule has 11 heavy (non-hydrogen) atoms. The van der Waals surface area contributed by atoms with Crippen molar-refractivity contribution in [1.82, 2.24) is 4.98 Å². The maximum absolute atomic E-state index is 5.33. The number of nitrogens with two attached hydrogens (primary N) is 1. The number of aryl methyl sites for hydroxylation is 1. The molecule has 0 aliphatic carbocycles. The lowest BCUT2D eigenvalue weighted by atomic mass is 10.4. The second-order valence-electron chi connectivity index (χ2n) is 2.10. The van der Waals surface area contributed by atoms with Crippen LogP contribution in [0.15, 0.2) is 4.42 Å². The first kappa shape index (κ1) is 8.07. The Kier molecular flexibility index (Phi) is 2.48. The molecule has 0 aromatic carbocycles. The highest BCUT2D eigenvalue weighted by atomic mass is 16.5. The first-order valence-electron chi connectivity index (χ1n) is 3.54. The number of hydrogen-bond acceptors (Lipinski definition) is 4. The highest BCUT2D eigenvalue weighted by Gasteiger charge is 2.09. The Morgan fingerprint density at radius 3 is 2.73 bits per heavy atom. The van der Waals surface area contributed by atoms with Crippen molar-refractivity contribution in [3.8, 4) is 5.88 Å². The Morgan fingerprint density at radius 2 is 2.36 bits per heavy atom. The van der Waals surface area contributed by atoms with Gasteiger partial charge in [-0.15, -0.1) is 0 Å². The molecule has 1 heterocycles. The zero-order valence-electron chi connectivity index (χ0n) is 6.76. The summed E-state index contributed by atoms with van der Waals surface area (Å²) in [6.45, 7) is 2.29. The van der Waals surface area contributed by atoms with Crippen molar-refractivity contribution < 1.29 is 9.15 Å². The Bertz CT molecular complexity index is 211. The average molecular weight is 156 g/mol. The van der Waals surface area contributed by atoms with Gasteiger partial charge >= 0.3 is 0 Å². The summed E-state index contributed by atoms with van der Waals surface area (Å²) in [5, 5.41) is 0.